The predicted molar refractivity (Wildman–Crippen MR) is 74.9 cm³/mol. The van der Waals surface area contributed by atoms with Crippen LogP contribution in [0.3, 0.4) is 0 Å². The monoisotopic (exact) mass is 280 g/mol. The molecule has 0 fully saturated rings. The van der Waals surface area contributed by atoms with E-state index in [2.05, 4.69) is 5.32 Å². The van der Waals surface area contributed by atoms with E-state index in [0.29, 0.717) is 17.9 Å². The van der Waals surface area contributed by atoms with E-state index in [1.54, 1.807) is 6.07 Å². The largest absolute Gasteiger partial charge is 0.504 e. The lowest BCUT2D eigenvalue weighted by Gasteiger charge is -2.17. The number of nitrogens with one attached hydrogen (secondary N) is 1. The van der Waals surface area contributed by atoms with Gasteiger partial charge in [-0.1, -0.05) is 6.92 Å². The summed E-state index contributed by atoms with van der Waals surface area (Å²) in [5.41, 5.74) is 0.300. The van der Waals surface area contributed by atoms with Gasteiger partial charge < -0.3 is 20.1 Å². The van der Waals surface area contributed by atoms with E-state index in [-0.39, 0.29) is 24.1 Å². The number of hydrogen-bond acceptors (Lipinski definition) is 4. The molecule has 0 aliphatic rings. The molecule has 0 atom stereocenters. The van der Waals surface area contributed by atoms with Gasteiger partial charge in [0.1, 0.15) is 0 Å². The number of ether oxygens (including phenoxy) is 1. The Morgan fingerprint density at radius 3 is 2.65 bits per heavy atom. The molecule has 0 saturated carbocycles. The number of carbonyl (C=O) groups excluding carboxylic acids is 2. The third-order valence-corrected chi connectivity index (χ3v) is 2.73. The highest BCUT2D eigenvalue weighted by Gasteiger charge is 2.16. The van der Waals surface area contributed by atoms with Crippen LogP contribution in [-0.2, 0) is 4.79 Å². The summed E-state index contributed by atoms with van der Waals surface area (Å²) < 4.78 is 4.91. The van der Waals surface area contributed by atoms with Crippen molar-refractivity contribution in [2.75, 3.05) is 27.2 Å². The summed E-state index contributed by atoms with van der Waals surface area (Å²) in [4.78, 5) is 24.9. The number of methoxy groups -OCH3 is 1. The van der Waals surface area contributed by atoms with Gasteiger partial charge in [-0.15, -0.1) is 0 Å². The van der Waals surface area contributed by atoms with Gasteiger partial charge in [-0.2, -0.15) is 0 Å². The van der Waals surface area contributed by atoms with Gasteiger partial charge in [0.15, 0.2) is 11.5 Å². The number of benzene rings is 1. The van der Waals surface area contributed by atoms with E-state index >= 15 is 0 Å². The number of aromatic hydroxyl groups is 1. The molecule has 6 heteroatoms. The van der Waals surface area contributed by atoms with Crippen molar-refractivity contribution in [1.82, 2.24) is 10.2 Å². The molecule has 1 aromatic carbocycles. The molecule has 0 aliphatic heterocycles. The minimum Gasteiger partial charge on any atom is -0.504 e. The number of phenolic OH excluding ortho intramolecular Hbond substituents is 1. The van der Waals surface area contributed by atoms with Gasteiger partial charge in [0.25, 0.3) is 5.91 Å². The molecule has 1 aromatic rings. The maximum atomic E-state index is 12.1. The molecule has 2 amide bonds. The Morgan fingerprint density at radius 1 is 1.40 bits per heavy atom. The first-order valence-electron chi connectivity index (χ1n) is 6.38. The Kier molecular flexibility index (Phi) is 5.83. The van der Waals surface area contributed by atoms with E-state index in [1.165, 1.54) is 31.2 Å². The van der Waals surface area contributed by atoms with E-state index in [4.69, 9.17) is 4.74 Å². The highest BCUT2D eigenvalue weighted by atomic mass is 16.5. The summed E-state index contributed by atoms with van der Waals surface area (Å²) >= 11 is 0. The molecule has 6 nitrogen and oxygen atoms in total. The van der Waals surface area contributed by atoms with Gasteiger partial charge in [0.05, 0.1) is 13.7 Å². The average molecular weight is 280 g/mol. The van der Waals surface area contributed by atoms with Crippen molar-refractivity contribution in [3.8, 4) is 11.5 Å². The predicted octanol–water partition coefficient (Wildman–Crippen LogP) is 0.999. The van der Waals surface area contributed by atoms with Crippen LogP contribution in [0.4, 0.5) is 0 Å². The number of rotatable bonds is 6. The zero-order valence-electron chi connectivity index (χ0n) is 12.0. The summed E-state index contributed by atoms with van der Waals surface area (Å²) in [5.74, 6) is -0.359. The number of likely N-dealkylation sites (N-methyl/N-ethyl adjacent to an activating group) is 1. The molecule has 2 N–H and O–H groups in total. The van der Waals surface area contributed by atoms with E-state index in [1.807, 2.05) is 6.92 Å². The number of hydrogen-bond donors (Lipinski definition) is 2. The first-order valence-corrected chi connectivity index (χ1v) is 6.38. The molecule has 0 radical (unpaired) electrons. The van der Waals surface area contributed by atoms with Crippen LogP contribution in [0.2, 0.25) is 0 Å². The van der Waals surface area contributed by atoms with Crippen LogP contribution < -0.4 is 10.1 Å². The molecule has 0 aromatic heterocycles. The maximum absolute atomic E-state index is 12.1. The van der Waals surface area contributed by atoms with E-state index < -0.39 is 0 Å². The fourth-order valence-corrected chi connectivity index (χ4v) is 1.65. The molecule has 110 valence electrons. The standard InChI is InChI=1S/C14H20N2O4/c1-4-7-15-13(18)9-16(2)14(19)10-5-6-12(20-3)11(17)8-10/h5-6,8,17H,4,7,9H2,1-3H3,(H,15,18). The fourth-order valence-electron chi connectivity index (χ4n) is 1.65. The molecule has 0 heterocycles. The summed E-state index contributed by atoms with van der Waals surface area (Å²) in [5, 5.41) is 12.3. The fraction of sp³-hybridized carbons (Fsp3) is 0.429. The second-order valence-corrected chi connectivity index (χ2v) is 4.40. The number of amides is 2. The van der Waals surface area contributed by atoms with Crippen LogP contribution in [0.1, 0.15) is 23.7 Å². The number of nitrogens with zero attached hydrogens (tertiary/aromatic N) is 1. The van der Waals surface area contributed by atoms with Crippen LogP contribution in [0.25, 0.3) is 0 Å². The molecular formula is C14H20N2O4. The topological polar surface area (TPSA) is 78.9 Å². The summed E-state index contributed by atoms with van der Waals surface area (Å²) in [7, 11) is 2.97. The van der Waals surface area contributed by atoms with Crippen molar-refractivity contribution in [2.45, 2.75) is 13.3 Å². The van der Waals surface area contributed by atoms with E-state index in [9.17, 15) is 14.7 Å². The highest BCUT2D eigenvalue weighted by molar-refractivity contribution is 5.96. The lowest BCUT2D eigenvalue weighted by molar-refractivity contribution is -0.121. The zero-order chi connectivity index (χ0) is 15.1. The van der Waals surface area contributed by atoms with Crippen LogP contribution in [0.5, 0.6) is 11.5 Å². The average Bonchev–Trinajstić information content (AvgIpc) is 2.44. The lowest BCUT2D eigenvalue weighted by Crippen LogP contribution is -2.38. The molecule has 1 rings (SSSR count). The summed E-state index contributed by atoms with van der Waals surface area (Å²) in [6.07, 6.45) is 0.843. The third kappa shape index (κ3) is 4.15. The molecule has 0 spiro atoms. The normalized spacial score (nSPS) is 9.95. The smallest absolute Gasteiger partial charge is 0.254 e. The zero-order valence-corrected chi connectivity index (χ0v) is 12.0. The molecule has 0 aliphatic carbocycles. The Morgan fingerprint density at radius 2 is 2.10 bits per heavy atom. The van der Waals surface area contributed by atoms with Crippen LogP contribution in [0.15, 0.2) is 18.2 Å². The first kappa shape index (κ1) is 15.8. The Hall–Kier alpha value is -2.24. The molecule has 0 bridgehead atoms. The lowest BCUT2D eigenvalue weighted by atomic mass is 10.2. The summed E-state index contributed by atoms with van der Waals surface area (Å²) in [6, 6.07) is 4.37. The first-order chi connectivity index (χ1) is 9.49. The maximum Gasteiger partial charge on any atom is 0.254 e. The van der Waals surface area contributed by atoms with Gasteiger partial charge in [0.2, 0.25) is 5.91 Å². The Bertz CT molecular complexity index is 488. The molecule has 0 unspecified atom stereocenters. The van der Waals surface area contributed by atoms with Crippen molar-refractivity contribution >= 4 is 11.8 Å². The second-order valence-electron chi connectivity index (χ2n) is 4.40. The molecule has 20 heavy (non-hydrogen) atoms. The highest BCUT2D eigenvalue weighted by Crippen LogP contribution is 2.26. The van der Waals surface area contributed by atoms with Gasteiger partial charge in [-0.25, -0.2) is 0 Å². The van der Waals surface area contributed by atoms with Crippen LogP contribution in [0, 0.1) is 0 Å². The van der Waals surface area contributed by atoms with Crippen molar-refractivity contribution in [3.05, 3.63) is 23.8 Å². The SMILES string of the molecule is CCCNC(=O)CN(C)C(=O)c1ccc(OC)c(O)c1. The van der Waals surface area contributed by atoms with E-state index in [0.717, 1.165) is 6.42 Å². The van der Waals surface area contributed by atoms with Crippen molar-refractivity contribution in [1.29, 1.82) is 0 Å². The minimum absolute atomic E-state index is 0.0222. The van der Waals surface area contributed by atoms with Crippen molar-refractivity contribution in [2.24, 2.45) is 0 Å². The van der Waals surface area contributed by atoms with Gasteiger partial charge in [-0.05, 0) is 24.6 Å². The van der Waals surface area contributed by atoms with Gasteiger partial charge in [-0.3, -0.25) is 9.59 Å². The van der Waals surface area contributed by atoms with Gasteiger partial charge in [0, 0.05) is 19.2 Å². The Labute approximate surface area is 118 Å². The second kappa shape index (κ2) is 7.37. The third-order valence-electron chi connectivity index (χ3n) is 2.73. The Balaban J connectivity index is 2.69. The molecular weight excluding hydrogens is 260 g/mol. The van der Waals surface area contributed by atoms with Crippen molar-refractivity contribution in [3.63, 3.8) is 0 Å². The summed E-state index contributed by atoms with van der Waals surface area (Å²) in [6.45, 7) is 2.52. The minimum atomic E-state index is -0.338. The van der Waals surface area contributed by atoms with Gasteiger partial charge >= 0.3 is 0 Å². The number of carbonyl (C=O) groups is 2. The quantitative estimate of drug-likeness (QED) is 0.814. The number of phenols is 1. The van der Waals surface area contributed by atoms with Crippen LogP contribution in [-0.4, -0.2) is 49.1 Å². The molecule has 0 saturated heterocycles. The van der Waals surface area contributed by atoms with Crippen molar-refractivity contribution < 1.29 is 19.4 Å². The van der Waals surface area contributed by atoms with Crippen LogP contribution >= 0.6 is 0 Å².